The second kappa shape index (κ2) is 1.85. The Balaban J connectivity index is 2.23. The predicted molar refractivity (Wildman–Crippen MR) is 31.3 cm³/mol. The summed E-state index contributed by atoms with van der Waals surface area (Å²) in [6.45, 7) is 1.38. The van der Waals surface area contributed by atoms with E-state index in [-0.39, 0.29) is 0 Å². The zero-order valence-corrected chi connectivity index (χ0v) is 6.52. The molecule has 0 aromatic carbocycles. The van der Waals surface area contributed by atoms with Gasteiger partial charge in [-0.1, -0.05) is 0 Å². The monoisotopic (exact) mass is 182 g/mol. The summed E-state index contributed by atoms with van der Waals surface area (Å²) in [5, 5.41) is 18.1. The second-order valence-electron chi connectivity index (χ2n) is 2.53. The fraction of sp³-hybridized carbons (Fsp3) is 1.00. The van der Waals surface area contributed by atoms with Crippen molar-refractivity contribution in [1.29, 1.82) is 0 Å². The average molecular weight is 182 g/mol. The fourth-order valence-corrected chi connectivity index (χ4v) is 2.61. The summed E-state index contributed by atoms with van der Waals surface area (Å²) in [5.74, 6) is -2.00. The van der Waals surface area contributed by atoms with Gasteiger partial charge in [0.1, 0.15) is 0 Å². The van der Waals surface area contributed by atoms with Crippen LogP contribution in [0.25, 0.3) is 0 Å². The van der Waals surface area contributed by atoms with E-state index in [1.165, 1.54) is 6.92 Å². The molecule has 3 saturated heterocycles. The number of hydrogen-bond donors (Lipinski definition) is 2. The Morgan fingerprint density at radius 3 is 2.36 bits per heavy atom. The molecule has 2 unspecified atom stereocenters. The highest BCUT2D eigenvalue weighted by Gasteiger charge is 2.72. The molecule has 7 heteroatoms. The molecule has 0 aromatic heterocycles. The quantitative estimate of drug-likeness (QED) is 0.535. The Labute approximate surface area is 62.3 Å². The Kier molecular flexibility index (Phi) is 1.29. The Bertz CT molecular complexity index is 227. The van der Waals surface area contributed by atoms with Crippen LogP contribution in [0.3, 0.4) is 0 Å². The van der Waals surface area contributed by atoms with Crippen molar-refractivity contribution in [2.24, 2.45) is 0 Å². The highest BCUT2D eigenvalue weighted by atomic mass is 31.2. The minimum atomic E-state index is -3.49. The van der Waals surface area contributed by atoms with Gasteiger partial charge >= 0.3 is 13.8 Å². The molecule has 3 aliphatic heterocycles. The molecule has 3 rings (SSSR count). The Morgan fingerprint density at radius 2 is 2.18 bits per heavy atom. The topological polar surface area (TPSA) is 85.2 Å². The third-order valence-electron chi connectivity index (χ3n) is 1.53. The first-order valence-electron chi connectivity index (χ1n) is 3.06. The molecule has 0 saturated carbocycles. The summed E-state index contributed by atoms with van der Waals surface area (Å²) in [7, 11) is -3.49. The summed E-state index contributed by atoms with van der Waals surface area (Å²) < 4.78 is 24.3. The summed E-state index contributed by atoms with van der Waals surface area (Å²) >= 11 is 0. The van der Waals surface area contributed by atoms with E-state index in [1.807, 2.05) is 0 Å². The van der Waals surface area contributed by atoms with Crippen LogP contribution < -0.4 is 0 Å². The van der Waals surface area contributed by atoms with Gasteiger partial charge in [-0.3, -0.25) is 4.52 Å². The number of phosphoric acid groups is 1. The zero-order valence-electron chi connectivity index (χ0n) is 5.63. The molecular weight excluding hydrogens is 175 g/mol. The zero-order chi connectivity index (χ0) is 8.28. The predicted octanol–water partition coefficient (Wildman–Crippen LogP) is -0.433. The van der Waals surface area contributed by atoms with Gasteiger partial charge in [-0.05, 0) is 6.92 Å². The molecule has 64 valence electrons. The van der Waals surface area contributed by atoms with Crippen molar-refractivity contribution < 1.29 is 28.3 Å². The van der Waals surface area contributed by atoms with Crippen LogP contribution in [-0.2, 0) is 18.1 Å². The van der Waals surface area contributed by atoms with Gasteiger partial charge in [0, 0.05) is 0 Å². The molecule has 11 heavy (non-hydrogen) atoms. The van der Waals surface area contributed by atoms with Crippen LogP contribution in [0, 0.1) is 0 Å². The van der Waals surface area contributed by atoms with Crippen LogP contribution in [0.4, 0.5) is 0 Å². The van der Waals surface area contributed by atoms with Crippen LogP contribution in [-0.4, -0.2) is 28.4 Å². The fourth-order valence-electron chi connectivity index (χ4n) is 1.07. The lowest BCUT2D eigenvalue weighted by Crippen LogP contribution is -2.48. The van der Waals surface area contributed by atoms with E-state index < -0.39 is 26.0 Å². The van der Waals surface area contributed by atoms with Crippen molar-refractivity contribution >= 4 is 7.82 Å². The first kappa shape index (κ1) is 7.67. The number of aliphatic hydroxyl groups excluding tert-OH is 1. The van der Waals surface area contributed by atoms with Crippen LogP contribution in [0.5, 0.6) is 0 Å². The molecule has 3 aliphatic rings. The van der Waals surface area contributed by atoms with Crippen LogP contribution in [0.2, 0.25) is 0 Å². The number of rotatable bonds is 1. The normalized spacial score (nSPS) is 57.2. The maximum absolute atomic E-state index is 10.9. The maximum atomic E-state index is 10.9. The molecule has 0 radical (unpaired) electrons. The molecule has 2 bridgehead atoms. The number of aliphatic hydroxyl groups is 2. The number of hydrogen-bond acceptors (Lipinski definition) is 6. The lowest BCUT2D eigenvalue weighted by molar-refractivity contribution is -0.331. The molecule has 0 amide bonds. The van der Waals surface area contributed by atoms with Gasteiger partial charge in [0.05, 0.1) is 6.10 Å². The van der Waals surface area contributed by atoms with Gasteiger partial charge in [0.15, 0.2) is 6.10 Å². The van der Waals surface area contributed by atoms with Gasteiger partial charge in [-0.2, -0.15) is 0 Å². The van der Waals surface area contributed by atoms with Crippen molar-refractivity contribution in [2.75, 3.05) is 0 Å². The highest BCUT2D eigenvalue weighted by molar-refractivity contribution is 7.50. The first-order valence-corrected chi connectivity index (χ1v) is 4.52. The number of phosphoric ester groups is 1. The second-order valence-corrected chi connectivity index (χ2v) is 4.00. The molecule has 0 aliphatic carbocycles. The molecular formula is C4H7O6P. The highest BCUT2D eigenvalue weighted by Crippen LogP contribution is 2.73. The third-order valence-corrected chi connectivity index (χ3v) is 2.98. The van der Waals surface area contributed by atoms with E-state index in [0.29, 0.717) is 0 Å². The summed E-state index contributed by atoms with van der Waals surface area (Å²) in [4.78, 5) is 0. The van der Waals surface area contributed by atoms with Gasteiger partial charge in [0.2, 0.25) is 0 Å². The standard InChI is InChI=1S/C4H7O6P/c1-2(5)3-4(6)9-11(7,8-3)10-4/h2-3,5-6H,1H3. The van der Waals surface area contributed by atoms with Crippen molar-refractivity contribution in [2.45, 2.75) is 25.1 Å². The first-order chi connectivity index (χ1) is 4.95. The molecule has 3 heterocycles. The van der Waals surface area contributed by atoms with Crippen molar-refractivity contribution in [3.8, 4) is 0 Å². The smallest absolute Gasteiger partial charge is 0.390 e. The summed E-state index contributed by atoms with van der Waals surface area (Å²) in [6.07, 6.45) is -2.06. The van der Waals surface area contributed by atoms with E-state index in [2.05, 4.69) is 13.6 Å². The van der Waals surface area contributed by atoms with E-state index >= 15 is 0 Å². The summed E-state index contributed by atoms with van der Waals surface area (Å²) in [6, 6.07) is 0. The maximum Gasteiger partial charge on any atom is 0.484 e. The van der Waals surface area contributed by atoms with Gasteiger partial charge in [0.25, 0.3) is 0 Å². The van der Waals surface area contributed by atoms with Crippen molar-refractivity contribution in [3.63, 3.8) is 0 Å². The lowest BCUT2D eigenvalue weighted by atomic mass is 10.2. The molecule has 3 fully saturated rings. The minimum Gasteiger partial charge on any atom is -0.390 e. The van der Waals surface area contributed by atoms with E-state index in [0.717, 1.165) is 0 Å². The van der Waals surface area contributed by atoms with Crippen LogP contribution >= 0.6 is 7.82 Å². The van der Waals surface area contributed by atoms with Gasteiger partial charge in [-0.25, -0.2) is 13.6 Å². The SMILES string of the molecule is CC(O)C1OP2(=O)OC1(O)O2. The molecule has 2 N–H and O–H groups in total. The lowest BCUT2D eigenvalue weighted by Gasteiger charge is -2.30. The van der Waals surface area contributed by atoms with E-state index in [1.54, 1.807) is 0 Å². The Hall–Kier alpha value is 0.0300. The third kappa shape index (κ3) is 0.885. The largest absolute Gasteiger partial charge is 0.484 e. The van der Waals surface area contributed by atoms with Gasteiger partial charge < -0.3 is 10.2 Å². The average Bonchev–Trinajstić information content (AvgIpc) is 2.13. The van der Waals surface area contributed by atoms with E-state index in [4.69, 9.17) is 10.2 Å². The molecule has 2 atom stereocenters. The Morgan fingerprint density at radius 1 is 1.64 bits per heavy atom. The van der Waals surface area contributed by atoms with Crippen LogP contribution in [0.15, 0.2) is 0 Å². The van der Waals surface area contributed by atoms with Crippen molar-refractivity contribution in [1.82, 2.24) is 0 Å². The summed E-state index contributed by atoms with van der Waals surface area (Å²) in [5.41, 5.74) is 0. The molecule has 0 aromatic rings. The van der Waals surface area contributed by atoms with Crippen LogP contribution in [0.1, 0.15) is 6.92 Å². The van der Waals surface area contributed by atoms with E-state index in [9.17, 15) is 4.57 Å². The minimum absolute atomic E-state index is 0.988. The molecule has 0 spiro atoms. The van der Waals surface area contributed by atoms with Gasteiger partial charge in [-0.15, -0.1) is 0 Å². The number of fused-ring (bicyclic) bond motifs is 1. The molecule has 6 nitrogen and oxygen atoms in total. The van der Waals surface area contributed by atoms with Crippen molar-refractivity contribution in [3.05, 3.63) is 0 Å².